The molecule has 0 spiro atoms. The van der Waals surface area contributed by atoms with E-state index in [4.69, 9.17) is 10.5 Å². The van der Waals surface area contributed by atoms with E-state index in [1.165, 1.54) is 0 Å². The zero-order valence-corrected chi connectivity index (χ0v) is 8.94. The quantitative estimate of drug-likeness (QED) is 0.779. The molecular weight excluding hydrogens is 174 g/mol. The maximum atomic E-state index is 6.05. The van der Waals surface area contributed by atoms with Crippen molar-refractivity contribution in [3.8, 4) is 0 Å². The molecule has 0 aliphatic rings. The summed E-state index contributed by atoms with van der Waals surface area (Å²) in [6, 6.07) is 10.2. The molecule has 0 aliphatic heterocycles. The van der Waals surface area contributed by atoms with Gasteiger partial charge in [-0.2, -0.15) is 0 Å². The third kappa shape index (κ3) is 2.82. The van der Waals surface area contributed by atoms with Crippen molar-refractivity contribution >= 4 is 0 Å². The molecule has 2 atom stereocenters. The first-order chi connectivity index (χ1) is 6.79. The molecule has 2 nitrogen and oxygen atoms in total. The Morgan fingerprint density at radius 1 is 1.29 bits per heavy atom. The monoisotopic (exact) mass is 193 g/mol. The Kier molecular flexibility index (Phi) is 4.63. The van der Waals surface area contributed by atoms with Gasteiger partial charge in [-0.15, -0.1) is 0 Å². The standard InChI is InChI=1S/C12H19NO/c1-3-7-11(13)12(14-2)10-8-5-4-6-9-10/h4-6,8-9,11-12H,3,7,13H2,1-2H3/t11-,12?/m0/s1. The first-order valence-corrected chi connectivity index (χ1v) is 5.13. The summed E-state index contributed by atoms with van der Waals surface area (Å²) < 4.78 is 5.43. The number of benzene rings is 1. The summed E-state index contributed by atoms with van der Waals surface area (Å²) in [5.74, 6) is 0. The van der Waals surface area contributed by atoms with Crippen LogP contribution in [0.3, 0.4) is 0 Å². The van der Waals surface area contributed by atoms with Gasteiger partial charge in [-0.3, -0.25) is 0 Å². The zero-order chi connectivity index (χ0) is 10.4. The van der Waals surface area contributed by atoms with Crippen LogP contribution in [-0.2, 0) is 4.74 Å². The predicted molar refractivity (Wildman–Crippen MR) is 59.1 cm³/mol. The molecule has 2 N–H and O–H groups in total. The van der Waals surface area contributed by atoms with Crippen molar-refractivity contribution in [2.24, 2.45) is 5.73 Å². The minimum absolute atomic E-state index is 0.0242. The van der Waals surface area contributed by atoms with E-state index in [0.717, 1.165) is 18.4 Å². The van der Waals surface area contributed by atoms with Crippen LogP contribution in [0.25, 0.3) is 0 Å². The van der Waals surface area contributed by atoms with Crippen molar-refractivity contribution in [1.29, 1.82) is 0 Å². The van der Waals surface area contributed by atoms with Crippen molar-refractivity contribution in [1.82, 2.24) is 0 Å². The van der Waals surface area contributed by atoms with Crippen molar-refractivity contribution in [3.05, 3.63) is 35.9 Å². The Bertz CT molecular complexity index is 248. The van der Waals surface area contributed by atoms with Crippen molar-refractivity contribution in [2.45, 2.75) is 31.9 Å². The van der Waals surface area contributed by atoms with E-state index in [1.54, 1.807) is 7.11 Å². The van der Waals surface area contributed by atoms with Gasteiger partial charge in [0.15, 0.2) is 0 Å². The van der Waals surface area contributed by atoms with Gasteiger partial charge < -0.3 is 10.5 Å². The van der Waals surface area contributed by atoms with Gasteiger partial charge in [0.1, 0.15) is 0 Å². The summed E-state index contributed by atoms with van der Waals surface area (Å²) in [5.41, 5.74) is 7.21. The highest BCUT2D eigenvalue weighted by molar-refractivity contribution is 5.19. The van der Waals surface area contributed by atoms with Crippen LogP contribution in [-0.4, -0.2) is 13.2 Å². The van der Waals surface area contributed by atoms with Gasteiger partial charge in [-0.25, -0.2) is 0 Å². The Labute approximate surface area is 86.1 Å². The van der Waals surface area contributed by atoms with Crippen LogP contribution in [0.15, 0.2) is 30.3 Å². The lowest BCUT2D eigenvalue weighted by molar-refractivity contribution is 0.0774. The van der Waals surface area contributed by atoms with Crippen LogP contribution in [0.2, 0.25) is 0 Å². The highest BCUT2D eigenvalue weighted by Gasteiger charge is 2.17. The fraction of sp³-hybridized carbons (Fsp3) is 0.500. The summed E-state index contributed by atoms with van der Waals surface area (Å²) in [6.45, 7) is 2.14. The van der Waals surface area contributed by atoms with Crippen LogP contribution < -0.4 is 5.73 Å². The maximum absolute atomic E-state index is 6.05. The van der Waals surface area contributed by atoms with Crippen LogP contribution in [0.4, 0.5) is 0 Å². The van der Waals surface area contributed by atoms with Gasteiger partial charge >= 0.3 is 0 Å². The maximum Gasteiger partial charge on any atom is 0.0971 e. The molecule has 0 saturated heterocycles. The summed E-state index contributed by atoms with van der Waals surface area (Å²) >= 11 is 0. The second-order valence-electron chi connectivity index (χ2n) is 3.52. The smallest absolute Gasteiger partial charge is 0.0971 e. The number of nitrogens with two attached hydrogens (primary N) is 1. The van der Waals surface area contributed by atoms with E-state index in [9.17, 15) is 0 Å². The molecule has 1 aromatic carbocycles. The molecule has 78 valence electrons. The number of hydrogen-bond donors (Lipinski definition) is 1. The zero-order valence-electron chi connectivity index (χ0n) is 8.94. The molecule has 0 radical (unpaired) electrons. The lowest BCUT2D eigenvalue weighted by Gasteiger charge is -2.22. The van der Waals surface area contributed by atoms with Crippen LogP contribution >= 0.6 is 0 Å². The average Bonchev–Trinajstić information content (AvgIpc) is 2.21. The van der Waals surface area contributed by atoms with E-state index in [-0.39, 0.29) is 12.1 Å². The second kappa shape index (κ2) is 5.78. The number of rotatable bonds is 5. The number of methoxy groups -OCH3 is 1. The second-order valence-corrected chi connectivity index (χ2v) is 3.52. The molecular formula is C12H19NO. The predicted octanol–water partition coefficient (Wildman–Crippen LogP) is 2.50. The summed E-state index contributed by atoms with van der Waals surface area (Å²) in [5, 5.41) is 0. The van der Waals surface area contributed by atoms with Gasteiger partial charge in [0.2, 0.25) is 0 Å². The average molecular weight is 193 g/mol. The lowest BCUT2D eigenvalue weighted by Crippen LogP contribution is -2.29. The lowest BCUT2D eigenvalue weighted by atomic mass is 9.99. The fourth-order valence-corrected chi connectivity index (χ4v) is 1.69. The highest BCUT2D eigenvalue weighted by atomic mass is 16.5. The SMILES string of the molecule is CCC[C@H](N)C(OC)c1ccccc1. The molecule has 1 unspecified atom stereocenters. The van der Waals surface area contributed by atoms with Crippen LogP contribution in [0.1, 0.15) is 31.4 Å². The molecule has 1 aromatic rings. The van der Waals surface area contributed by atoms with Gasteiger partial charge in [-0.05, 0) is 12.0 Å². The van der Waals surface area contributed by atoms with E-state index in [2.05, 4.69) is 19.1 Å². The van der Waals surface area contributed by atoms with Crippen LogP contribution in [0, 0.1) is 0 Å². The van der Waals surface area contributed by atoms with E-state index >= 15 is 0 Å². The molecule has 14 heavy (non-hydrogen) atoms. The number of ether oxygens (including phenoxy) is 1. The Morgan fingerprint density at radius 2 is 1.93 bits per heavy atom. The first-order valence-electron chi connectivity index (χ1n) is 5.13. The Hall–Kier alpha value is -0.860. The van der Waals surface area contributed by atoms with Crippen molar-refractivity contribution < 1.29 is 4.74 Å². The minimum atomic E-state index is 0.0242. The molecule has 0 aromatic heterocycles. The highest BCUT2D eigenvalue weighted by Crippen LogP contribution is 2.21. The Morgan fingerprint density at radius 3 is 2.43 bits per heavy atom. The molecule has 0 fully saturated rings. The van der Waals surface area contributed by atoms with Gasteiger partial charge in [0.25, 0.3) is 0 Å². The molecule has 0 aliphatic carbocycles. The number of hydrogen-bond acceptors (Lipinski definition) is 2. The molecule has 2 heteroatoms. The van der Waals surface area contributed by atoms with Gasteiger partial charge in [0.05, 0.1) is 6.10 Å². The largest absolute Gasteiger partial charge is 0.375 e. The summed E-state index contributed by atoms with van der Waals surface area (Å²) in [7, 11) is 1.72. The first kappa shape index (κ1) is 11.2. The molecule has 0 amide bonds. The third-order valence-corrected chi connectivity index (χ3v) is 2.39. The molecule has 1 rings (SSSR count). The summed E-state index contributed by atoms with van der Waals surface area (Å²) in [6.07, 6.45) is 2.11. The van der Waals surface area contributed by atoms with Crippen molar-refractivity contribution in [2.75, 3.05) is 7.11 Å². The van der Waals surface area contributed by atoms with Crippen LogP contribution in [0.5, 0.6) is 0 Å². The minimum Gasteiger partial charge on any atom is -0.375 e. The Balaban J connectivity index is 2.71. The van der Waals surface area contributed by atoms with Gasteiger partial charge in [-0.1, -0.05) is 43.7 Å². The normalized spacial score (nSPS) is 15.1. The van der Waals surface area contributed by atoms with E-state index in [0.29, 0.717) is 0 Å². The molecule has 0 heterocycles. The summed E-state index contributed by atoms with van der Waals surface area (Å²) in [4.78, 5) is 0. The topological polar surface area (TPSA) is 35.2 Å². The molecule has 0 saturated carbocycles. The van der Waals surface area contributed by atoms with E-state index in [1.807, 2.05) is 18.2 Å². The van der Waals surface area contributed by atoms with Crippen molar-refractivity contribution in [3.63, 3.8) is 0 Å². The third-order valence-electron chi connectivity index (χ3n) is 2.39. The van der Waals surface area contributed by atoms with E-state index < -0.39 is 0 Å². The molecule has 0 bridgehead atoms. The fourth-order valence-electron chi connectivity index (χ4n) is 1.69. The van der Waals surface area contributed by atoms with Gasteiger partial charge in [0, 0.05) is 13.2 Å².